The van der Waals surface area contributed by atoms with Gasteiger partial charge in [0.2, 0.25) is 15.9 Å². The van der Waals surface area contributed by atoms with E-state index in [-0.39, 0.29) is 42.3 Å². The first-order valence-corrected chi connectivity index (χ1v) is 12.6. The molecule has 0 saturated carbocycles. The Morgan fingerprint density at radius 2 is 1.84 bits per heavy atom. The molecule has 4 rings (SSSR count). The van der Waals surface area contributed by atoms with Crippen molar-refractivity contribution in [3.05, 3.63) is 70.5 Å². The Morgan fingerprint density at radius 3 is 2.58 bits per heavy atom. The van der Waals surface area contributed by atoms with Gasteiger partial charge in [-0.3, -0.25) is 4.79 Å². The van der Waals surface area contributed by atoms with Gasteiger partial charge in [-0.05, 0) is 61.8 Å². The van der Waals surface area contributed by atoms with Crippen LogP contribution in [0.25, 0.3) is 0 Å². The maximum atomic E-state index is 13.9. The molecule has 2 aliphatic rings. The Kier molecular flexibility index (Phi) is 6.44. The molecule has 0 bridgehead atoms. The average Bonchev–Trinajstić information content (AvgIpc) is 3.23. The third kappa shape index (κ3) is 4.99. The van der Waals surface area contributed by atoms with Crippen LogP contribution in [0.3, 0.4) is 0 Å². The molecule has 2 aromatic rings. The molecule has 1 atom stereocenters. The quantitative estimate of drug-likeness (QED) is 0.738. The number of piperidine rings is 1. The van der Waals surface area contributed by atoms with Gasteiger partial charge in [-0.25, -0.2) is 17.1 Å². The van der Waals surface area contributed by atoms with E-state index < -0.39 is 15.8 Å². The second kappa shape index (κ2) is 9.09. The van der Waals surface area contributed by atoms with E-state index in [0.717, 1.165) is 18.4 Å². The number of amides is 1. The van der Waals surface area contributed by atoms with Gasteiger partial charge in [-0.2, -0.15) is 0 Å². The van der Waals surface area contributed by atoms with Crippen molar-refractivity contribution in [2.45, 2.75) is 50.8 Å². The van der Waals surface area contributed by atoms with E-state index >= 15 is 0 Å². The van der Waals surface area contributed by atoms with Crippen molar-refractivity contribution in [2.24, 2.45) is 5.92 Å². The first kappa shape index (κ1) is 22.0. The van der Waals surface area contributed by atoms with Crippen molar-refractivity contribution < 1.29 is 17.6 Å². The van der Waals surface area contributed by atoms with Crippen LogP contribution in [0.5, 0.6) is 0 Å². The van der Waals surface area contributed by atoms with E-state index in [2.05, 4.69) is 23.5 Å². The van der Waals surface area contributed by atoms with E-state index in [1.54, 1.807) is 12.1 Å². The van der Waals surface area contributed by atoms with Gasteiger partial charge in [0, 0.05) is 24.6 Å². The molecule has 1 amide bonds. The highest BCUT2D eigenvalue weighted by Crippen LogP contribution is 2.27. The zero-order valence-corrected chi connectivity index (χ0v) is 18.6. The van der Waals surface area contributed by atoms with Crippen LogP contribution in [-0.4, -0.2) is 31.7 Å². The number of hydrogen-bond donors (Lipinski definition) is 1. The molecule has 1 aliphatic carbocycles. The second-order valence-corrected chi connectivity index (χ2v) is 10.6. The number of benzene rings is 2. The van der Waals surface area contributed by atoms with Crippen LogP contribution in [0.15, 0.2) is 42.5 Å². The number of rotatable bonds is 6. The van der Waals surface area contributed by atoms with Gasteiger partial charge in [-0.15, -0.1) is 0 Å². The molecular weight excluding hydrogens is 415 g/mol. The normalized spacial score (nSPS) is 18.5. The molecule has 1 heterocycles. The largest absolute Gasteiger partial charge is 0.349 e. The SMILES string of the molecule is C[C@H](NC(=O)C1CCN(S(=O)(=O)Cc2ccccc2F)CC1)c1ccc2c(c1)CCC2. The third-order valence-electron chi connectivity index (χ3n) is 6.50. The van der Waals surface area contributed by atoms with Crippen molar-refractivity contribution in [3.63, 3.8) is 0 Å². The molecule has 5 nitrogen and oxygen atoms in total. The highest BCUT2D eigenvalue weighted by atomic mass is 32.2. The lowest BCUT2D eigenvalue weighted by molar-refractivity contribution is -0.126. The minimum absolute atomic E-state index is 0.0286. The predicted octanol–water partition coefficient (Wildman–Crippen LogP) is 3.73. The van der Waals surface area contributed by atoms with Crippen LogP contribution in [0.4, 0.5) is 4.39 Å². The molecule has 31 heavy (non-hydrogen) atoms. The van der Waals surface area contributed by atoms with Crippen LogP contribution >= 0.6 is 0 Å². The van der Waals surface area contributed by atoms with Crippen LogP contribution in [0, 0.1) is 11.7 Å². The molecule has 0 aromatic heterocycles. The zero-order chi connectivity index (χ0) is 22.0. The molecule has 166 valence electrons. The number of halogens is 1. The van der Waals surface area contributed by atoms with Gasteiger partial charge < -0.3 is 5.32 Å². The fourth-order valence-corrected chi connectivity index (χ4v) is 6.15. The number of aryl methyl sites for hydroxylation is 2. The fourth-order valence-electron chi connectivity index (χ4n) is 4.58. The Morgan fingerprint density at radius 1 is 1.13 bits per heavy atom. The van der Waals surface area contributed by atoms with Crippen LogP contribution in [0.2, 0.25) is 0 Å². The van der Waals surface area contributed by atoms with E-state index in [9.17, 15) is 17.6 Å². The lowest BCUT2D eigenvalue weighted by atomic mass is 9.96. The molecule has 1 fully saturated rings. The van der Waals surface area contributed by atoms with Crippen molar-refractivity contribution in [1.29, 1.82) is 0 Å². The molecule has 1 N–H and O–H groups in total. The van der Waals surface area contributed by atoms with Gasteiger partial charge in [0.1, 0.15) is 5.82 Å². The summed E-state index contributed by atoms with van der Waals surface area (Å²) < 4.78 is 40.6. The maximum absolute atomic E-state index is 13.9. The van der Waals surface area contributed by atoms with Gasteiger partial charge in [0.25, 0.3) is 0 Å². The minimum atomic E-state index is -3.62. The smallest absolute Gasteiger partial charge is 0.223 e. The highest BCUT2D eigenvalue weighted by Gasteiger charge is 2.32. The summed E-state index contributed by atoms with van der Waals surface area (Å²) in [5.41, 5.74) is 4.07. The second-order valence-electron chi connectivity index (χ2n) is 8.63. The molecule has 0 unspecified atom stereocenters. The Balaban J connectivity index is 1.32. The van der Waals surface area contributed by atoms with Gasteiger partial charge in [0.05, 0.1) is 11.8 Å². The number of nitrogens with one attached hydrogen (secondary N) is 1. The van der Waals surface area contributed by atoms with Crippen molar-refractivity contribution in [3.8, 4) is 0 Å². The Bertz CT molecular complexity index is 1060. The minimum Gasteiger partial charge on any atom is -0.349 e. The van der Waals surface area contributed by atoms with Crippen LogP contribution in [-0.2, 0) is 33.4 Å². The molecule has 1 aliphatic heterocycles. The maximum Gasteiger partial charge on any atom is 0.223 e. The Labute approximate surface area is 183 Å². The summed E-state index contributed by atoms with van der Waals surface area (Å²) in [5, 5.41) is 3.10. The molecular formula is C24H29FN2O3S. The average molecular weight is 445 g/mol. The standard InChI is InChI=1S/C24H29FN2O3S/c1-17(20-10-9-18-6-4-7-21(18)15-20)26-24(28)19-11-13-27(14-12-19)31(29,30)16-22-5-2-3-8-23(22)25/h2-3,5,8-10,15,17,19H,4,6-7,11-14,16H2,1H3,(H,26,28)/t17-/m0/s1. The summed E-state index contributed by atoms with van der Waals surface area (Å²) in [6.45, 7) is 2.55. The number of carbonyl (C=O) groups excluding carboxylic acids is 1. The van der Waals surface area contributed by atoms with E-state index in [4.69, 9.17) is 0 Å². The predicted molar refractivity (Wildman–Crippen MR) is 118 cm³/mol. The number of sulfonamides is 1. The number of nitrogens with zero attached hydrogens (tertiary/aromatic N) is 1. The van der Waals surface area contributed by atoms with Gasteiger partial charge in [0.15, 0.2) is 0 Å². The van der Waals surface area contributed by atoms with E-state index in [1.165, 1.54) is 34.0 Å². The van der Waals surface area contributed by atoms with Crippen molar-refractivity contribution in [1.82, 2.24) is 9.62 Å². The van der Waals surface area contributed by atoms with Crippen LogP contribution < -0.4 is 5.32 Å². The van der Waals surface area contributed by atoms with Crippen molar-refractivity contribution in [2.75, 3.05) is 13.1 Å². The third-order valence-corrected chi connectivity index (χ3v) is 8.32. The van der Waals surface area contributed by atoms with Crippen molar-refractivity contribution >= 4 is 15.9 Å². The van der Waals surface area contributed by atoms with Crippen LogP contribution in [0.1, 0.15) is 54.5 Å². The summed E-state index contributed by atoms with van der Waals surface area (Å²) in [6.07, 6.45) is 4.37. The zero-order valence-electron chi connectivity index (χ0n) is 17.8. The first-order chi connectivity index (χ1) is 14.8. The first-order valence-electron chi connectivity index (χ1n) is 11.0. The summed E-state index contributed by atoms with van der Waals surface area (Å²) >= 11 is 0. The van der Waals surface area contributed by atoms with Gasteiger partial charge in [-0.1, -0.05) is 36.4 Å². The number of hydrogen-bond acceptors (Lipinski definition) is 3. The topological polar surface area (TPSA) is 66.5 Å². The molecule has 1 saturated heterocycles. The molecule has 0 radical (unpaired) electrons. The summed E-state index contributed by atoms with van der Waals surface area (Å²) in [6, 6.07) is 12.3. The lowest BCUT2D eigenvalue weighted by Crippen LogP contribution is -2.43. The van der Waals surface area contributed by atoms with Gasteiger partial charge >= 0.3 is 0 Å². The number of fused-ring (bicyclic) bond motifs is 1. The monoisotopic (exact) mass is 444 g/mol. The Hall–Kier alpha value is -2.25. The van der Waals surface area contributed by atoms with E-state index in [1.807, 2.05) is 6.92 Å². The summed E-state index contributed by atoms with van der Waals surface area (Å²) in [4.78, 5) is 12.8. The highest BCUT2D eigenvalue weighted by molar-refractivity contribution is 7.88. The lowest BCUT2D eigenvalue weighted by Gasteiger charge is -2.31. The summed E-state index contributed by atoms with van der Waals surface area (Å²) in [7, 11) is -3.62. The number of carbonyl (C=O) groups is 1. The fraction of sp³-hybridized carbons (Fsp3) is 0.458. The van der Waals surface area contributed by atoms with E-state index in [0.29, 0.717) is 12.8 Å². The molecule has 2 aromatic carbocycles. The molecule has 0 spiro atoms. The summed E-state index contributed by atoms with van der Waals surface area (Å²) in [5.74, 6) is -1.11. The molecule has 7 heteroatoms.